The minimum Gasteiger partial charge on any atom is -0.496 e. The zero-order valence-corrected chi connectivity index (χ0v) is 19.6. The number of aliphatic hydroxyl groups is 1. The number of fused-ring (bicyclic) bond motifs is 1. The summed E-state index contributed by atoms with van der Waals surface area (Å²) in [4.78, 5) is 15.1. The van der Waals surface area contributed by atoms with Crippen LogP contribution in [0.3, 0.4) is 0 Å². The van der Waals surface area contributed by atoms with Crippen LogP contribution in [0.2, 0.25) is 0 Å². The zero-order chi connectivity index (χ0) is 23.5. The number of ether oxygens (including phenoxy) is 3. The van der Waals surface area contributed by atoms with E-state index in [-0.39, 0.29) is 12.0 Å². The number of rotatable bonds is 8. The normalized spacial score (nSPS) is 15.1. The number of methoxy groups -OCH3 is 2. The van der Waals surface area contributed by atoms with E-state index in [1.807, 2.05) is 26.0 Å². The molecule has 0 aliphatic carbocycles. The monoisotopic (exact) mass is 453 g/mol. The number of hydrogen-bond donors (Lipinski definition) is 1. The predicted molar refractivity (Wildman–Crippen MR) is 128 cm³/mol. The van der Waals surface area contributed by atoms with Crippen molar-refractivity contribution in [2.24, 2.45) is 0 Å². The van der Waals surface area contributed by atoms with Crippen molar-refractivity contribution in [3.8, 4) is 28.6 Å². The van der Waals surface area contributed by atoms with Gasteiger partial charge in [0, 0.05) is 30.3 Å². The molecule has 1 aliphatic rings. The third-order valence-electron chi connectivity index (χ3n) is 6.06. The van der Waals surface area contributed by atoms with Gasteiger partial charge in [0.2, 0.25) is 0 Å². The minimum absolute atomic E-state index is 0.188. The fourth-order valence-corrected chi connectivity index (χ4v) is 4.47. The summed E-state index contributed by atoms with van der Waals surface area (Å²) in [6, 6.07) is 8.68. The summed E-state index contributed by atoms with van der Waals surface area (Å²) >= 11 is 0. The molecule has 7 nitrogen and oxygen atoms in total. The molecule has 33 heavy (non-hydrogen) atoms. The Morgan fingerprint density at radius 2 is 1.73 bits per heavy atom. The largest absolute Gasteiger partial charge is 0.496 e. The predicted octanol–water partition coefficient (Wildman–Crippen LogP) is 3.93. The molecule has 1 atom stereocenters. The highest BCUT2D eigenvalue weighted by Crippen LogP contribution is 2.34. The van der Waals surface area contributed by atoms with E-state index >= 15 is 0 Å². The van der Waals surface area contributed by atoms with Crippen LogP contribution in [0.5, 0.6) is 17.2 Å². The molecule has 1 saturated heterocycles. The molecule has 2 heterocycles. The Morgan fingerprint density at radius 3 is 2.36 bits per heavy atom. The number of hydrogen-bond acceptors (Lipinski definition) is 7. The zero-order valence-electron chi connectivity index (χ0n) is 19.6. The molecule has 0 spiro atoms. The Kier molecular flexibility index (Phi) is 6.91. The molecule has 0 bridgehead atoms. The molecule has 0 radical (unpaired) electrons. The molecule has 4 rings (SSSR count). The maximum atomic E-state index is 12.9. The SMILES string of the molecule is COc1cc(OC)c2c(=O)cc(-c3cc(C)c(OC[C@@H](O)CN4CCCC4)c(C)c3)oc2c1. The Morgan fingerprint density at radius 1 is 1.03 bits per heavy atom. The van der Waals surface area contributed by atoms with Crippen LogP contribution in [0.1, 0.15) is 24.0 Å². The van der Waals surface area contributed by atoms with Gasteiger partial charge in [-0.15, -0.1) is 0 Å². The minimum atomic E-state index is -0.537. The van der Waals surface area contributed by atoms with E-state index in [0.29, 0.717) is 34.8 Å². The summed E-state index contributed by atoms with van der Waals surface area (Å²) in [5, 5.41) is 10.7. The Labute approximate surface area is 193 Å². The van der Waals surface area contributed by atoms with Crippen molar-refractivity contribution >= 4 is 11.0 Å². The van der Waals surface area contributed by atoms with Gasteiger partial charge in [-0.3, -0.25) is 4.79 Å². The standard InChI is InChI=1S/C26H31NO6/c1-16-9-18(10-17(2)26(16)32-15-19(28)14-27-7-5-6-8-27)22-13-21(29)25-23(31-4)11-20(30-3)12-24(25)33-22/h9-13,19,28H,5-8,14-15H2,1-4H3/t19-/m0/s1. The van der Waals surface area contributed by atoms with E-state index < -0.39 is 6.10 Å². The van der Waals surface area contributed by atoms with Gasteiger partial charge in [-0.2, -0.15) is 0 Å². The van der Waals surface area contributed by atoms with Crippen LogP contribution >= 0.6 is 0 Å². The first-order valence-electron chi connectivity index (χ1n) is 11.2. The number of aryl methyl sites for hydroxylation is 2. The molecule has 7 heteroatoms. The highest BCUT2D eigenvalue weighted by molar-refractivity contribution is 5.86. The van der Waals surface area contributed by atoms with Crippen molar-refractivity contribution in [3.05, 3.63) is 51.7 Å². The van der Waals surface area contributed by atoms with Crippen LogP contribution in [0.25, 0.3) is 22.3 Å². The second-order valence-corrected chi connectivity index (χ2v) is 8.59. The second kappa shape index (κ2) is 9.85. The van der Waals surface area contributed by atoms with E-state index in [1.165, 1.54) is 26.0 Å². The van der Waals surface area contributed by atoms with Crippen LogP contribution < -0.4 is 19.6 Å². The highest BCUT2D eigenvalue weighted by Gasteiger charge is 2.18. The van der Waals surface area contributed by atoms with Gasteiger partial charge in [-0.25, -0.2) is 0 Å². The van der Waals surface area contributed by atoms with Gasteiger partial charge in [-0.05, 0) is 63.0 Å². The summed E-state index contributed by atoms with van der Waals surface area (Å²) in [6.45, 7) is 6.85. The lowest BCUT2D eigenvalue weighted by Crippen LogP contribution is -2.33. The first-order valence-corrected chi connectivity index (χ1v) is 11.2. The molecule has 1 N–H and O–H groups in total. The first kappa shape index (κ1) is 23.1. The fourth-order valence-electron chi connectivity index (χ4n) is 4.47. The quantitative estimate of drug-likeness (QED) is 0.553. The Balaban J connectivity index is 1.60. The highest BCUT2D eigenvalue weighted by atomic mass is 16.5. The summed E-state index contributed by atoms with van der Waals surface area (Å²) in [5.41, 5.74) is 2.80. The van der Waals surface area contributed by atoms with Crippen molar-refractivity contribution in [1.82, 2.24) is 4.90 Å². The third-order valence-corrected chi connectivity index (χ3v) is 6.06. The van der Waals surface area contributed by atoms with Gasteiger partial charge in [0.05, 0.1) is 14.2 Å². The van der Waals surface area contributed by atoms with E-state index in [0.717, 1.165) is 35.5 Å². The molecule has 0 saturated carbocycles. The van der Waals surface area contributed by atoms with Gasteiger partial charge < -0.3 is 28.6 Å². The van der Waals surface area contributed by atoms with Crippen molar-refractivity contribution in [2.45, 2.75) is 32.8 Å². The van der Waals surface area contributed by atoms with Gasteiger partial charge in [-0.1, -0.05) is 0 Å². The Bertz CT molecular complexity index is 1170. The molecular weight excluding hydrogens is 422 g/mol. The smallest absolute Gasteiger partial charge is 0.197 e. The molecule has 1 aromatic heterocycles. The average molecular weight is 454 g/mol. The van der Waals surface area contributed by atoms with E-state index in [1.54, 1.807) is 19.2 Å². The summed E-state index contributed by atoms with van der Waals surface area (Å²) < 4.78 is 22.7. The molecule has 0 amide bonds. The third kappa shape index (κ3) is 4.99. The van der Waals surface area contributed by atoms with Crippen molar-refractivity contribution in [3.63, 3.8) is 0 Å². The van der Waals surface area contributed by atoms with Crippen molar-refractivity contribution < 1.29 is 23.7 Å². The van der Waals surface area contributed by atoms with Crippen LogP contribution in [0.4, 0.5) is 0 Å². The summed E-state index contributed by atoms with van der Waals surface area (Å²) in [6.07, 6.45) is 1.85. The summed E-state index contributed by atoms with van der Waals surface area (Å²) in [5.74, 6) is 2.15. The summed E-state index contributed by atoms with van der Waals surface area (Å²) in [7, 11) is 3.06. The average Bonchev–Trinajstić information content (AvgIpc) is 3.30. The first-order chi connectivity index (χ1) is 15.9. The van der Waals surface area contributed by atoms with Crippen LogP contribution in [-0.4, -0.2) is 56.6 Å². The van der Waals surface area contributed by atoms with Crippen LogP contribution in [0.15, 0.2) is 39.5 Å². The van der Waals surface area contributed by atoms with Crippen molar-refractivity contribution in [2.75, 3.05) is 40.5 Å². The molecule has 1 fully saturated rings. The Hall–Kier alpha value is -3.03. The van der Waals surface area contributed by atoms with E-state index in [2.05, 4.69) is 4.90 Å². The molecular formula is C26H31NO6. The lowest BCUT2D eigenvalue weighted by atomic mass is 10.0. The van der Waals surface area contributed by atoms with Crippen molar-refractivity contribution in [1.29, 1.82) is 0 Å². The number of likely N-dealkylation sites (tertiary alicyclic amines) is 1. The van der Waals surface area contributed by atoms with Gasteiger partial charge >= 0.3 is 0 Å². The van der Waals surface area contributed by atoms with Gasteiger partial charge in [0.25, 0.3) is 0 Å². The number of aliphatic hydroxyl groups excluding tert-OH is 1. The van der Waals surface area contributed by atoms with Crippen LogP contribution in [-0.2, 0) is 0 Å². The maximum Gasteiger partial charge on any atom is 0.197 e. The lowest BCUT2D eigenvalue weighted by Gasteiger charge is -2.21. The lowest BCUT2D eigenvalue weighted by molar-refractivity contribution is 0.0753. The number of β-amino-alcohol motifs (C(OH)–C–C–N with tert-alkyl or cyclic N) is 1. The van der Waals surface area contributed by atoms with E-state index in [4.69, 9.17) is 18.6 Å². The number of benzene rings is 2. The topological polar surface area (TPSA) is 81.4 Å². The molecule has 0 unspecified atom stereocenters. The number of nitrogens with zero attached hydrogens (tertiary/aromatic N) is 1. The molecule has 1 aliphatic heterocycles. The molecule has 2 aromatic carbocycles. The van der Waals surface area contributed by atoms with Gasteiger partial charge in [0.1, 0.15) is 46.7 Å². The fraction of sp³-hybridized carbons (Fsp3) is 0.423. The van der Waals surface area contributed by atoms with Gasteiger partial charge in [0.15, 0.2) is 5.43 Å². The molecule has 176 valence electrons. The maximum absolute atomic E-state index is 12.9. The van der Waals surface area contributed by atoms with Crippen LogP contribution in [0, 0.1) is 13.8 Å². The van der Waals surface area contributed by atoms with E-state index in [9.17, 15) is 9.90 Å². The molecule has 3 aromatic rings. The second-order valence-electron chi connectivity index (χ2n) is 8.59.